The van der Waals surface area contributed by atoms with E-state index in [0.29, 0.717) is 12.5 Å². The van der Waals surface area contributed by atoms with Gasteiger partial charge in [0.1, 0.15) is 6.10 Å². The summed E-state index contributed by atoms with van der Waals surface area (Å²) in [6, 6.07) is 1.90. The second-order valence-electron chi connectivity index (χ2n) is 5.72. The van der Waals surface area contributed by atoms with E-state index >= 15 is 0 Å². The van der Waals surface area contributed by atoms with Gasteiger partial charge in [0.05, 0.1) is 5.69 Å². The Morgan fingerprint density at radius 1 is 1.67 bits per heavy atom. The van der Waals surface area contributed by atoms with E-state index in [1.54, 1.807) is 10.9 Å². The predicted octanol–water partition coefficient (Wildman–Crippen LogP) is 2.00. The SMILES string of the molecule is CCC1CCCC(CN)(C(O)c2ccnn2C)C1. The summed E-state index contributed by atoms with van der Waals surface area (Å²) in [5.74, 6) is 0.699. The Morgan fingerprint density at radius 2 is 2.44 bits per heavy atom. The number of aryl methyl sites for hydroxylation is 1. The molecule has 0 aromatic carbocycles. The normalized spacial score (nSPS) is 30.3. The van der Waals surface area contributed by atoms with Crippen molar-refractivity contribution in [3.63, 3.8) is 0 Å². The summed E-state index contributed by atoms with van der Waals surface area (Å²) < 4.78 is 1.76. The third kappa shape index (κ3) is 2.31. The average molecular weight is 251 g/mol. The molecule has 0 amide bonds. The molecule has 4 nitrogen and oxygen atoms in total. The molecule has 18 heavy (non-hydrogen) atoms. The van der Waals surface area contributed by atoms with E-state index in [-0.39, 0.29) is 5.41 Å². The maximum Gasteiger partial charge on any atom is 0.102 e. The standard InChI is InChI=1S/C14H25N3O/c1-3-11-5-4-7-14(9-11,10-15)13(18)12-6-8-16-17(12)2/h6,8,11,13,18H,3-5,7,9-10,15H2,1-2H3. The van der Waals surface area contributed by atoms with Gasteiger partial charge in [-0.05, 0) is 24.8 Å². The second-order valence-corrected chi connectivity index (χ2v) is 5.72. The average Bonchev–Trinajstić information content (AvgIpc) is 2.84. The molecule has 1 heterocycles. The van der Waals surface area contributed by atoms with Crippen molar-refractivity contribution >= 4 is 0 Å². The fraction of sp³-hybridized carbons (Fsp3) is 0.786. The van der Waals surface area contributed by atoms with E-state index in [2.05, 4.69) is 12.0 Å². The highest BCUT2D eigenvalue weighted by Gasteiger charge is 2.42. The Balaban J connectivity index is 2.24. The highest BCUT2D eigenvalue weighted by molar-refractivity contribution is 5.10. The Bertz CT molecular complexity index is 390. The Labute approximate surface area is 109 Å². The van der Waals surface area contributed by atoms with Crippen molar-refractivity contribution in [1.82, 2.24) is 9.78 Å². The first-order valence-corrected chi connectivity index (χ1v) is 6.99. The maximum absolute atomic E-state index is 10.7. The lowest BCUT2D eigenvalue weighted by Gasteiger charge is -2.43. The number of nitrogens with zero attached hydrogens (tertiary/aromatic N) is 2. The molecule has 3 atom stereocenters. The Morgan fingerprint density at radius 3 is 3.00 bits per heavy atom. The molecule has 4 heteroatoms. The van der Waals surface area contributed by atoms with Crippen molar-refractivity contribution in [2.45, 2.75) is 45.1 Å². The summed E-state index contributed by atoms with van der Waals surface area (Å²) in [6.07, 6.45) is 6.92. The summed E-state index contributed by atoms with van der Waals surface area (Å²) in [4.78, 5) is 0. The van der Waals surface area contributed by atoms with Crippen molar-refractivity contribution < 1.29 is 5.11 Å². The van der Waals surface area contributed by atoms with Gasteiger partial charge in [-0.3, -0.25) is 4.68 Å². The number of aliphatic hydroxyl groups is 1. The van der Waals surface area contributed by atoms with Gasteiger partial charge in [-0.25, -0.2) is 0 Å². The first-order chi connectivity index (χ1) is 8.63. The van der Waals surface area contributed by atoms with Crippen molar-refractivity contribution in [2.75, 3.05) is 6.54 Å². The molecule has 1 aliphatic rings. The minimum absolute atomic E-state index is 0.160. The molecule has 0 aliphatic heterocycles. The summed E-state index contributed by atoms with van der Waals surface area (Å²) >= 11 is 0. The molecule has 0 radical (unpaired) electrons. The number of aromatic nitrogens is 2. The first-order valence-electron chi connectivity index (χ1n) is 6.99. The van der Waals surface area contributed by atoms with Crippen molar-refractivity contribution in [2.24, 2.45) is 24.1 Å². The fourth-order valence-corrected chi connectivity index (χ4v) is 3.38. The largest absolute Gasteiger partial charge is 0.386 e. The van der Waals surface area contributed by atoms with Crippen LogP contribution < -0.4 is 5.73 Å². The zero-order valence-corrected chi connectivity index (χ0v) is 11.5. The third-order valence-electron chi connectivity index (χ3n) is 4.69. The molecule has 0 spiro atoms. The quantitative estimate of drug-likeness (QED) is 0.860. The molecule has 3 N–H and O–H groups in total. The van der Waals surface area contributed by atoms with Crippen LogP contribution in [0.2, 0.25) is 0 Å². The second kappa shape index (κ2) is 5.41. The van der Waals surface area contributed by atoms with Gasteiger partial charge in [0.2, 0.25) is 0 Å². The highest BCUT2D eigenvalue weighted by Crippen LogP contribution is 2.47. The van der Waals surface area contributed by atoms with E-state index in [0.717, 1.165) is 18.5 Å². The van der Waals surface area contributed by atoms with E-state index in [1.165, 1.54) is 19.3 Å². The molecule has 0 bridgehead atoms. The summed E-state index contributed by atoms with van der Waals surface area (Å²) in [5.41, 5.74) is 6.75. The summed E-state index contributed by atoms with van der Waals surface area (Å²) in [6.45, 7) is 2.78. The predicted molar refractivity (Wildman–Crippen MR) is 71.9 cm³/mol. The van der Waals surface area contributed by atoms with Gasteiger partial charge in [0.15, 0.2) is 0 Å². The van der Waals surface area contributed by atoms with Gasteiger partial charge in [-0.15, -0.1) is 0 Å². The molecule has 1 aromatic heterocycles. The van der Waals surface area contributed by atoms with E-state index in [1.807, 2.05) is 13.1 Å². The molecule has 3 unspecified atom stereocenters. The van der Waals surface area contributed by atoms with E-state index in [4.69, 9.17) is 5.73 Å². The smallest absolute Gasteiger partial charge is 0.102 e. The fourth-order valence-electron chi connectivity index (χ4n) is 3.38. The van der Waals surface area contributed by atoms with Crippen LogP contribution in [-0.4, -0.2) is 21.4 Å². The van der Waals surface area contributed by atoms with E-state index < -0.39 is 6.10 Å². The van der Waals surface area contributed by atoms with Gasteiger partial charge in [0.25, 0.3) is 0 Å². The third-order valence-corrected chi connectivity index (χ3v) is 4.69. The molecule has 0 saturated heterocycles. The van der Waals surface area contributed by atoms with Crippen LogP contribution in [0.15, 0.2) is 12.3 Å². The Hall–Kier alpha value is -0.870. The van der Waals surface area contributed by atoms with Gasteiger partial charge in [-0.2, -0.15) is 5.10 Å². The molecular formula is C14H25N3O. The van der Waals surface area contributed by atoms with Crippen LogP contribution in [0.4, 0.5) is 0 Å². The van der Waals surface area contributed by atoms with Crippen LogP contribution in [0.25, 0.3) is 0 Å². The highest BCUT2D eigenvalue weighted by atomic mass is 16.3. The molecule has 1 saturated carbocycles. The minimum atomic E-state index is -0.496. The molecule has 102 valence electrons. The maximum atomic E-state index is 10.7. The number of hydrogen-bond donors (Lipinski definition) is 2. The molecule has 2 rings (SSSR count). The number of nitrogens with two attached hydrogens (primary N) is 1. The van der Waals surface area contributed by atoms with Crippen LogP contribution in [-0.2, 0) is 7.05 Å². The lowest BCUT2D eigenvalue weighted by molar-refractivity contribution is -0.0208. The van der Waals surface area contributed by atoms with Crippen LogP contribution in [0.3, 0.4) is 0 Å². The van der Waals surface area contributed by atoms with Crippen LogP contribution in [0.5, 0.6) is 0 Å². The summed E-state index contributed by atoms with van der Waals surface area (Å²) in [5, 5.41) is 14.9. The molecular weight excluding hydrogens is 226 g/mol. The van der Waals surface area contributed by atoms with Gasteiger partial charge in [0, 0.05) is 25.2 Å². The molecule has 1 aromatic rings. The monoisotopic (exact) mass is 251 g/mol. The first kappa shape index (κ1) is 13.6. The zero-order chi connectivity index (χ0) is 13.2. The number of hydrogen-bond acceptors (Lipinski definition) is 3. The van der Waals surface area contributed by atoms with Crippen LogP contribution in [0, 0.1) is 11.3 Å². The van der Waals surface area contributed by atoms with Gasteiger partial charge < -0.3 is 10.8 Å². The Kier molecular flexibility index (Phi) is 4.07. The number of aliphatic hydroxyl groups excluding tert-OH is 1. The summed E-state index contributed by atoms with van der Waals surface area (Å²) in [7, 11) is 1.88. The zero-order valence-electron chi connectivity index (χ0n) is 11.5. The van der Waals surface area contributed by atoms with Crippen LogP contribution in [0.1, 0.15) is 50.8 Å². The van der Waals surface area contributed by atoms with Gasteiger partial charge >= 0.3 is 0 Å². The minimum Gasteiger partial charge on any atom is -0.386 e. The van der Waals surface area contributed by atoms with Gasteiger partial charge in [-0.1, -0.05) is 26.2 Å². The topological polar surface area (TPSA) is 64.1 Å². The van der Waals surface area contributed by atoms with Crippen molar-refractivity contribution in [3.8, 4) is 0 Å². The van der Waals surface area contributed by atoms with Crippen molar-refractivity contribution in [3.05, 3.63) is 18.0 Å². The van der Waals surface area contributed by atoms with Crippen molar-refractivity contribution in [1.29, 1.82) is 0 Å². The lowest BCUT2D eigenvalue weighted by Crippen LogP contribution is -2.41. The molecule has 1 fully saturated rings. The number of rotatable bonds is 4. The van der Waals surface area contributed by atoms with E-state index in [9.17, 15) is 5.11 Å². The lowest BCUT2D eigenvalue weighted by atomic mass is 9.65. The molecule has 1 aliphatic carbocycles. The van der Waals surface area contributed by atoms with Crippen LogP contribution >= 0.6 is 0 Å².